The molecule has 0 unspecified atom stereocenters. The first-order valence-electron chi connectivity index (χ1n) is 6.13. The summed E-state index contributed by atoms with van der Waals surface area (Å²) >= 11 is 0. The molecule has 0 atom stereocenters. The third kappa shape index (κ3) is 2.73. The van der Waals surface area contributed by atoms with Gasteiger partial charge in [-0.25, -0.2) is 10.4 Å². The van der Waals surface area contributed by atoms with Crippen LogP contribution in [0.2, 0.25) is 0 Å². The number of benzene rings is 1. The molecule has 0 spiro atoms. The standard InChI is InChI=1S/C13H12N6O2/c1-21-9-4-2-8(3-5-9)6-16-19-13-17-10-11(18-13)14-7-15-12(10)20/h2-7H,1H3,(H3,14,15,17,18,19,20)/b16-6+. The van der Waals surface area contributed by atoms with E-state index in [1.165, 1.54) is 6.33 Å². The molecule has 8 nitrogen and oxygen atoms in total. The largest absolute Gasteiger partial charge is 0.497 e. The van der Waals surface area contributed by atoms with Crippen molar-refractivity contribution in [3.8, 4) is 5.75 Å². The van der Waals surface area contributed by atoms with Crippen molar-refractivity contribution in [2.75, 3.05) is 12.5 Å². The van der Waals surface area contributed by atoms with Crippen LogP contribution in [0.3, 0.4) is 0 Å². The molecular weight excluding hydrogens is 272 g/mol. The summed E-state index contributed by atoms with van der Waals surface area (Å²) in [6.45, 7) is 0. The highest BCUT2D eigenvalue weighted by Crippen LogP contribution is 2.10. The lowest BCUT2D eigenvalue weighted by Gasteiger charge is -1.98. The summed E-state index contributed by atoms with van der Waals surface area (Å²) in [4.78, 5) is 24.8. The number of hydrogen-bond acceptors (Lipinski definition) is 6. The number of hydrazone groups is 1. The van der Waals surface area contributed by atoms with Crippen molar-refractivity contribution in [2.24, 2.45) is 5.10 Å². The number of H-pyrrole nitrogens is 2. The average Bonchev–Trinajstić information content (AvgIpc) is 2.92. The molecule has 0 amide bonds. The Hall–Kier alpha value is -3.16. The van der Waals surface area contributed by atoms with Crippen LogP contribution >= 0.6 is 0 Å². The van der Waals surface area contributed by atoms with E-state index in [1.807, 2.05) is 24.3 Å². The number of methoxy groups -OCH3 is 1. The fraction of sp³-hybridized carbons (Fsp3) is 0.0769. The van der Waals surface area contributed by atoms with Crippen LogP contribution in [0.1, 0.15) is 5.56 Å². The van der Waals surface area contributed by atoms with E-state index in [0.29, 0.717) is 17.1 Å². The summed E-state index contributed by atoms with van der Waals surface area (Å²) in [6, 6.07) is 7.42. The second-order valence-corrected chi connectivity index (χ2v) is 4.16. The molecule has 1 aromatic carbocycles. The van der Waals surface area contributed by atoms with Gasteiger partial charge in [0, 0.05) is 0 Å². The number of imidazole rings is 1. The van der Waals surface area contributed by atoms with Gasteiger partial charge < -0.3 is 14.7 Å². The van der Waals surface area contributed by atoms with Crippen molar-refractivity contribution in [1.29, 1.82) is 0 Å². The molecule has 0 radical (unpaired) electrons. The Labute approximate surface area is 118 Å². The average molecular weight is 284 g/mol. The summed E-state index contributed by atoms with van der Waals surface area (Å²) in [7, 11) is 1.61. The lowest BCUT2D eigenvalue weighted by Crippen LogP contribution is -2.05. The Morgan fingerprint density at radius 1 is 1.33 bits per heavy atom. The van der Waals surface area contributed by atoms with Gasteiger partial charge in [0.1, 0.15) is 5.75 Å². The number of nitrogens with one attached hydrogen (secondary N) is 3. The van der Waals surface area contributed by atoms with E-state index in [-0.39, 0.29) is 5.56 Å². The summed E-state index contributed by atoms with van der Waals surface area (Å²) in [5, 5.41) is 4.04. The van der Waals surface area contributed by atoms with Gasteiger partial charge in [-0.1, -0.05) is 0 Å². The van der Waals surface area contributed by atoms with Crippen LogP contribution in [0.4, 0.5) is 5.95 Å². The summed E-state index contributed by atoms with van der Waals surface area (Å²) in [6.07, 6.45) is 2.93. The molecule has 0 aliphatic rings. The van der Waals surface area contributed by atoms with Crippen molar-refractivity contribution in [1.82, 2.24) is 19.9 Å². The number of ether oxygens (including phenoxy) is 1. The second kappa shape index (κ2) is 5.45. The molecule has 2 heterocycles. The van der Waals surface area contributed by atoms with Gasteiger partial charge in [0.05, 0.1) is 19.7 Å². The smallest absolute Gasteiger partial charge is 0.276 e. The highest BCUT2D eigenvalue weighted by atomic mass is 16.5. The van der Waals surface area contributed by atoms with Gasteiger partial charge in [-0.05, 0) is 29.8 Å². The molecule has 0 saturated carbocycles. The van der Waals surface area contributed by atoms with Gasteiger partial charge >= 0.3 is 0 Å². The minimum atomic E-state index is -0.278. The predicted molar refractivity (Wildman–Crippen MR) is 78.7 cm³/mol. The highest BCUT2D eigenvalue weighted by Gasteiger charge is 2.05. The van der Waals surface area contributed by atoms with Crippen LogP contribution in [-0.2, 0) is 0 Å². The number of nitrogens with zero attached hydrogens (tertiary/aromatic N) is 3. The summed E-state index contributed by atoms with van der Waals surface area (Å²) < 4.78 is 5.07. The molecule has 21 heavy (non-hydrogen) atoms. The van der Waals surface area contributed by atoms with Crippen molar-refractivity contribution in [2.45, 2.75) is 0 Å². The SMILES string of the molecule is COc1ccc(/C=N/Nc2nc3nc[nH]c(=O)c3[nH]2)cc1. The molecular formula is C13H12N6O2. The number of aromatic nitrogens is 4. The minimum absolute atomic E-state index is 0.278. The molecule has 2 aromatic heterocycles. The Balaban J connectivity index is 1.74. The first kappa shape index (κ1) is 12.9. The van der Waals surface area contributed by atoms with Crippen LogP contribution in [0.15, 0.2) is 40.5 Å². The lowest BCUT2D eigenvalue weighted by molar-refractivity contribution is 0.415. The summed E-state index contributed by atoms with van der Waals surface area (Å²) in [5.41, 5.74) is 3.98. The number of hydrogen-bond donors (Lipinski definition) is 3. The van der Waals surface area contributed by atoms with E-state index in [4.69, 9.17) is 4.74 Å². The molecule has 3 N–H and O–H groups in total. The molecule has 3 aromatic rings. The van der Waals surface area contributed by atoms with Crippen molar-refractivity contribution >= 4 is 23.3 Å². The second-order valence-electron chi connectivity index (χ2n) is 4.16. The Morgan fingerprint density at radius 3 is 2.86 bits per heavy atom. The van der Waals surface area contributed by atoms with Gasteiger partial charge in [0.2, 0.25) is 5.95 Å². The normalized spacial score (nSPS) is 11.1. The van der Waals surface area contributed by atoms with Crippen molar-refractivity contribution < 1.29 is 4.74 Å². The van der Waals surface area contributed by atoms with Gasteiger partial charge in [-0.15, -0.1) is 0 Å². The molecule has 3 rings (SSSR count). The van der Waals surface area contributed by atoms with Gasteiger partial charge in [-0.2, -0.15) is 10.1 Å². The molecule has 0 fully saturated rings. The van der Waals surface area contributed by atoms with Crippen molar-refractivity contribution in [3.63, 3.8) is 0 Å². The fourth-order valence-electron chi connectivity index (χ4n) is 1.75. The monoisotopic (exact) mass is 284 g/mol. The number of rotatable bonds is 4. The van der Waals surface area contributed by atoms with E-state index < -0.39 is 0 Å². The van der Waals surface area contributed by atoms with E-state index in [1.54, 1.807) is 13.3 Å². The molecule has 0 aliphatic carbocycles. The van der Waals surface area contributed by atoms with E-state index in [9.17, 15) is 4.79 Å². The predicted octanol–water partition coefficient (Wildman–Crippen LogP) is 1.10. The zero-order valence-corrected chi connectivity index (χ0v) is 11.1. The third-order valence-electron chi connectivity index (χ3n) is 2.79. The molecule has 106 valence electrons. The van der Waals surface area contributed by atoms with Crippen molar-refractivity contribution in [3.05, 3.63) is 46.5 Å². The van der Waals surface area contributed by atoms with Crippen LogP contribution in [0.5, 0.6) is 5.75 Å². The number of fused-ring (bicyclic) bond motifs is 1. The van der Waals surface area contributed by atoms with Gasteiger partial charge in [-0.3, -0.25) is 4.79 Å². The van der Waals surface area contributed by atoms with E-state index in [0.717, 1.165) is 11.3 Å². The quantitative estimate of drug-likeness (QED) is 0.491. The maximum absolute atomic E-state index is 11.5. The maximum Gasteiger partial charge on any atom is 0.276 e. The van der Waals surface area contributed by atoms with E-state index >= 15 is 0 Å². The van der Waals surface area contributed by atoms with Crippen LogP contribution in [-0.4, -0.2) is 33.3 Å². The number of aromatic amines is 2. The minimum Gasteiger partial charge on any atom is -0.497 e. The molecule has 0 bridgehead atoms. The topological polar surface area (TPSA) is 108 Å². The molecule has 0 aliphatic heterocycles. The van der Waals surface area contributed by atoms with Crippen LogP contribution in [0.25, 0.3) is 11.2 Å². The highest BCUT2D eigenvalue weighted by molar-refractivity contribution is 5.80. The summed E-state index contributed by atoms with van der Waals surface area (Å²) in [5.74, 6) is 1.13. The number of anilines is 1. The van der Waals surface area contributed by atoms with Crippen LogP contribution < -0.4 is 15.7 Å². The van der Waals surface area contributed by atoms with Gasteiger partial charge in [0.25, 0.3) is 5.56 Å². The zero-order chi connectivity index (χ0) is 14.7. The first-order chi connectivity index (χ1) is 10.3. The molecule has 0 saturated heterocycles. The fourth-order valence-corrected chi connectivity index (χ4v) is 1.75. The third-order valence-corrected chi connectivity index (χ3v) is 2.79. The first-order valence-corrected chi connectivity index (χ1v) is 6.13. The van der Waals surface area contributed by atoms with E-state index in [2.05, 4.69) is 30.5 Å². The Bertz CT molecular complexity index is 834. The Morgan fingerprint density at radius 2 is 2.14 bits per heavy atom. The van der Waals surface area contributed by atoms with Crippen LogP contribution in [0, 0.1) is 0 Å². The Kier molecular flexibility index (Phi) is 3.34. The molecule has 8 heteroatoms. The maximum atomic E-state index is 11.5. The zero-order valence-electron chi connectivity index (χ0n) is 11.1. The van der Waals surface area contributed by atoms with Gasteiger partial charge in [0.15, 0.2) is 11.2 Å². The lowest BCUT2D eigenvalue weighted by atomic mass is 10.2.